The highest BCUT2D eigenvalue weighted by Crippen LogP contribution is 2.42. The van der Waals surface area contributed by atoms with Gasteiger partial charge in [-0.2, -0.15) is 0 Å². The van der Waals surface area contributed by atoms with E-state index in [-0.39, 0.29) is 36.2 Å². The Morgan fingerprint density at radius 1 is 0.955 bits per heavy atom. The van der Waals surface area contributed by atoms with Crippen LogP contribution in [0.15, 0.2) is 95.1 Å². The predicted octanol–water partition coefficient (Wildman–Crippen LogP) is 4.31. The molecule has 1 fully saturated rings. The Morgan fingerprint density at radius 3 is 2.41 bits per heavy atom. The van der Waals surface area contributed by atoms with Gasteiger partial charge in [0.1, 0.15) is 4.90 Å². The van der Waals surface area contributed by atoms with Gasteiger partial charge in [0.2, 0.25) is 15.2 Å². The number of nitrogens with one attached hydrogen (secondary N) is 1. The molecule has 1 aliphatic heterocycles. The molecule has 0 spiro atoms. The second kappa shape index (κ2) is 13.1. The van der Waals surface area contributed by atoms with Gasteiger partial charge in [-0.1, -0.05) is 85.4 Å². The fourth-order valence-corrected chi connectivity index (χ4v) is 7.36. The van der Waals surface area contributed by atoms with Crippen LogP contribution in [0.25, 0.3) is 10.9 Å². The summed E-state index contributed by atoms with van der Waals surface area (Å²) in [7, 11) is -2.00. The topological polar surface area (TPSA) is 141 Å². The lowest BCUT2D eigenvalue weighted by atomic mass is 9.91. The molecule has 1 saturated heterocycles. The van der Waals surface area contributed by atoms with Crippen LogP contribution in [0.3, 0.4) is 0 Å². The number of aryl methyl sites for hydroxylation is 1. The van der Waals surface area contributed by atoms with Gasteiger partial charge in [-0.25, -0.2) is 17.8 Å². The van der Waals surface area contributed by atoms with Crippen LogP contribution >= 0.6 is 11.8 Å². The Kier molecular flexibility index (Phi) is 9.03. The van der Waals surface area contributed by atoms with Crippen molar-refractivity contribution in [2.75, 3.05) is 5.75 Å². The molecule has 0 amide bonds. The summed E-state index contributed by atoms with van der Waals surface area (Å²) in [6, 6.07) is 24.0. The summed E-state index contributed by atoms with van der Waals surface area (Å²) in [5.41, 5.74) is 3.85. The molecule has 4 atom stereocenters. The molecule has 5 aromatic rings. The fourth-order valence-electron chi connectivity index (χ4n) is 5.15. The van der Waals surface area contributed by atoms with Crippen LogP contribution in [0, 0.1) is 5.92 Å². The van der Waals surface area contributed by atoms with Crippen molar-refractivity contribution in [1.82, 2.24) is 29.9 Å². The van der Waals surface area contributed by atoms with E-state index in [1.807, 2.05) is 60.7 Å². The molecule has 1 aliphatic rings. The summed E-state index contributed by atoms with van der Waals surface area (Å²) in [4.78, 5) is 4.42. The number of fused-ring (bicyclic) bond motifs is 1. The zero-order valence-corrected chi connectivity index (χ0v) is 25.8. The summed E-state index contributed by atoms with van der Waals surface area (Å²) < 4.78 is 43.7. The number of sulfonamides is 1. The highest BCUT2D eigenvalue weighted by molar-refractivity contribution is 7.99. The van der Waals surface area contributed by atoms with E-state index in [9.17, 15) is 13.5 Å². The number of rotatable bonds is 10. The molecular weight excluding hydrogens is 601 g/mol. The molecule has 2 aromatic heterocycles. The highest BCUT2D eigenvalue weighted by atomic mass is 32.2. The third kappa shape index (κ3) is 6.53. The number of thioether (sulfide) groups is 1. The Balaban J connectivity index is 1.19. The van der Waals surface area contributed by atoms with Crippen molar-refractivity contribution in [2.45, 2.75) is 48.6 Å². The molecule has 13 heteroatoms. The highest BCUT2D eigenvalue weighted by Gasteiger charge is 2.38. The first kappa shape index (κ1) is 30.3. The number of nitrogens with zero attached hydrogens (tertiary/aromatic N) is 5. The zero-order chi connectivity index (χ0) is 30.7. The molecule has 2 N–H and O–H groups in total. The largest absolute Gasteiger partial charge is 0.392 e. The summed E-state index contributed by atoms with van der Waals surface area (Å²) in [5.74, 6) is 0.626. The molecule has 0 radical (unpaired) electrons. The van der Waals surface area contributed by atoms with Crippen LogP contribution < -0.4 is 4.72 Å². The molecule has 0 aliphatic carbocycles. The van der Waals surface area contributed by atoms with E-state index < -0.39 is 16.3 Å². The number of pyridine rings is 1. The van der Waals surface area contributed by atoms with E-state index in [4.69, 9.17) is 9.47 Å². The lowest BCUT2D eigenvalue weighted by Crippen LogP contribution is -2.38. The lowest BCUT2D eigenvalue weighted by Gasteiger charge is -2.41. The summed E-state index contributed by atoms with van der Waals surface area (Å²) in [5, 5.41) is 22.7. The van der Waals surface area contributed by atoms with Crippen molar-refractivity contribution in [3.8, 4) is 0 Å². The van der Waals surface area contributed by atoms with Gasteiger partial charge in [0.25, 0.3) is 0 Å². The van der Waals surface area contributed by atoms with Gasteiger partial charge in [-0.05, 0) is 39.2 Å². The van der Waals surface area contributed by atoms with Crippen LogP contribution in [0.2, 0.25) is 0 Å². The maximum atomic E-state index is 13.2. The van der Waals surface area contributed by atoms with Gasteiger partial charge in [-0.3, -0.25) is 4.98 Å². The number of hydrogen-bond acceptors (Lipinski definition) is 10. The van der Waals surface area contributed by atoms with Crippen LogP contribution in [0.5, 0.6) is 0 Å². The van der Waals surface area contributed by atoms with Gasteiger partial charge in [0, 0.05) is 42.4 Å². The minimum absolute atomic E-state index is 0.0113. The Labute approximate surface area is 259 Å². The van der Waals surface area contributed by atoms with Gasteiger partial charge in [0.15, 0.2) is 6.29 Å². The molecule has 6 rings (SSSR count). The standard InChI is InChI=1S/C31H32N6O5S2/c1-20-26(19-43-31-34-35-36-37(31)2)41-30(42-29(20)24-12-10-22(18-38)11-13-24)25-14-8-21(9-15-25)17-33-44(39,40)27-7-3-5-23-6-4-16-32-28(23)27/h3-16,20,26,29-30,33,38H,17-19H2,1-2H3. The Hall–Kier alpha value is -3.72. The zero-order valence-electron chi connectivity index (χ0n) is 24.1. The molecule has 228 valence electrons. The van der Waals surface area contributed by atoms with E-state index >= 15 is 0 Å². The van der Waals surface area contributed by atoms with E-state index in [1.165, 1.54) is 11.8 Å². The number of aliphatic hydroxyl groups excluding tert-OH is 1. The normalized spacial score (nSPS) is 20.6. The second-order valence-corrected chi connectivity index (χ2v) is 13.3. The number of tetrazole rings is 1. The number of benzene rings is 3. The number of ether oxygens (including phenoxy) is 2. The van der Waals surface area contributed by atoms with Crippen LogP contribution in [0.4, 0.5) is 0 Å². The first-order valence-corrected chi connectivity index (χ1v) is 16.6. The summed E-state index contributed by atoms with van der Waals surface area (Å²) in [6.45, 7) is 2.18. The minimum atomic E-state index is -3.80. The third-order valence-electron chi connectivity index (χ3n) is 7.68. The lowest BCUT2D eigenvalue weighted by molar-refractivity contribution is -0.268. The average molecular weight is 633 g/mol. The van der Waals surface area contributed by atoms with Crippen LogP contribution in [0.1, 0.15) is 41.6 Å². The molecule has 4 unspecified atom stereocenters. The van der Waals surface area contributed by atoms with Crippen molar-refractivity contribution in [3.63, 3.8) is 0 Å². The molecule has 3 heterocycles. The van der Waals surface area contributed by atoms with Gasteiger partial charge >= 0.3 is 0 Å². The Bertz CT molecular complexity index is 1830. The number of para-hydroxylation sites is 1. The minimum Gasteiger partial charge on any atom is -0.392 e. The summed E-state index contributed by atoms with van der Waals surface area (Å²) >= 11 is 1.52. The number of aromatic nitrogens is 5. The van der Waals surface area contributed by atoms with Crippen molar-refractivity contribution in [1.29, 1.82) is 0 Å². The van der Waals surface area contributed by atoms with Crippen LogP contribution in [-0.4, -0.2) is 50.6 Å². The monoisotopic (exact) mass is 632 g/mol. The maximum Gasteiger partial charge on any atom is 0.243 e. The average Bonchev–Trinajstić information content (AvgIpc) is 3.47. The quantitative estimate of drug-likeness (QED) is 0.214. The molecule has 11 nitrogen and oxygen atoms in total. The first-order chi connectivity index (χ1) is 21.3. The molecule has 44 heavy (non-hydrogen) atoms. The van der Waals surface area contributed by atoms with Crippen molar-refractivity contribution >= 4 is 32.7 Å². The fraction of sp³-hybridized carbons (Fsp3) is 0.290. The van der Waals surface area contributed by atoms with Crippen molar-refractivity contribution in [3.05, 3.63) is 107 Å². The smallest absolute Gasteiger partial charge is 0.243 e. The second-order valence-electron chi connectivity index (χ2n) is 10.6. The number of aliphatic hydroxyl groups is 1. The van der Waals surface area contributed by atoms with Gasteiger partial charge < -0.3 is 14.6 Å². The van der Waals surface area contributed by atoms with Gasteiger partial charge in [0.05, 0.1) is 24.3 Å². The van der Waals surface area contributed by atoms with Crippen molar-refractivity contribution in [2.24, 2.45) is 13.0 Å². The first-order valence-electron chi connectivity index (χ1n) is 14.1. The van der Waals surface area contributed by atoms with E-state index in [2.05, 4.69) is 32.2 Å². The molecule has 3 aromatic carbocycles. The van der Waals surface area contributed by atoms with E-state index in [1.54, 1.807) is 36.1 Å². The van der Waals surface area contributed by atoms with Crippen molar-refractivity contribution < 1.29 is 23.0 Å². The predicted molar refractivity (Wildman–Crippen MR) is 165 cm³/mol. The summed E-state index contributed by atoms with van der Waals surface area (Å²) in [6.07, 6.45) is 0.495. The van der Waals surface area contributed by atoms with Crippen LogP contribution in [-0.2, 0) is 39.7 Å². The van der Waals surface area contributed by atoms with Gasteiger partial charge in [-0.15, -0.1) is 5.10 Å². The molecule has 0 bridgehead atoms. The maximum absolute atomic E-state index is 13.2. The SMILES string of the molecule is CC1C(CSc2nnnn2C)OC(c2ccc(CNS(=O)(=O)c3cccc4cccnc34)cc2)OC1c1ccc(CO)cc1. The molecular formula is C31H32N6O5S2. The van der Waals surface area contributed by atoms with E-state index in [0.717, 1.165) is 27.6 Å². The Morgan fingerprint density at radius 2 is 1.68 bits per heavy atom. The number of hydrogen-bond donors (Lipinski definition) is 2. The molecule has 0 saturated carbocycles. The van der Waals surface area contributed by atoms with E-state index in [0.29, 0.717) is 16.4 Å². The third-order valence-corrected chi connectivity index (χ3v) is 10.2.